The van der Waals surface area contributed by atoms with Gasteiger partial charge >= 0.3 is 12.2 Å². The summed E-state index contributed by atoms with van der Waals surface area (Å²) >= 11 is 6.19. The van der Waals surface area contributed by atoms with Crippen LogP contribution in [0, 0.1) is 0 Å². The van der Waals surface area contributed by atoms with Crippen LogP contribution < -0.4 is 10.6 Å². The summed E-state index contributed by atoms with van der Waals surface area (Å²) in [7, 11) is 0. The van der Waals surface area contributed by atoms with E-state index < -0.39 is 17.2 Å². The van der Waals surface area contributed by atoms with Crippen molar-refractivity contribution in [1.29, 1.82) is 0 Å². The Hall–Kier alpha value is -1.87. The number of aromatic nitrogens is 2. The predicted octanol–water partition coefficient (Wildman–Crippen LogP) is 4.02. The molecule has 1 atom stereocenters. The van der Waals surface area contributed by atoms with Gasteiger partial charge in [-0.1, -0.05) is 29.0 Å². The highest BCUT2D eigenvalue weighted by atomic mass is 35.5. The van der Waals surface area contributed by atoms with Crippen LogP contribution >= 0.6 is 22.9 Å². The number of urea groups is 1. The normalized spacial score (nSPS) is 17.0. The molecule has 3 rings (SSSR count). The van der Waals surface area contributed by atoms with Gasteiger partial charge < -0.3 is 5.32 Å². The summed E-state index contributed by atoms with van der Waals surface area (Å²) in [6, 6.07) is 4.58. The predicted molar refractivity (Wildman–Crippen MR) is 79.6 cm³/mol. The molecule has 2 N–H and O–H groups in total. The van der Waals surface area contributed by atoms with E-state index in [0.29, 0.717) is 11.4 Å². The first-order valence-electron chi connectivity index (χ1n) is 6.59. The van der Waals surface area contributed by atoms with Gasteiger partial charge in [-0.3, -0.25) is 5.32 Å². The van der Waals surface area contributed by atoms with Crippen LogP contribution in [-0.4, -0.2) is 16.2 Å². The lowest BCUT2D eigenvalue weighted by atomic mass is 10.1. The molecule has 0 radical (unpaired) electrons. The van der Waals surface area contributed by atoms with Crippen molar-refractivity contribution in [2.24, 2.45) is 0 Å². The summed E-state index contributed by atoms with van der Waals surface area (Å²) in [4.78, 5) is 11.9. The zero-order valence-corrected chi connectivity index (χ0v) is 13.0. The maximum absolute atomic E-state index is 12.4. The number of nitrogens with one attached hydrogen (secondary N) is 2. The second-order valence-corrected chi connectivity index (χ2v) is 6.36. The van der Waals surface area contributed by atoms with E-state index in [9.17, 15) is 18.0 Å². The average molecular weight is 363 g/mol. The zero-order valence-electron chi connectivity index (χ0n) is 11.4. The van der Waals surface area contributed by atoms with Crippen LogP contribution in [0.5, 0.6) is 0 Å². The maximum Gasteiger partial charge on any atom is 0.445 e. The molecule has 0 saturated carbocycles. The number of halogens is 4. The van der Waals surface area contributed by atoms with Crippen molar-refractivity contribution in [3.63, 3.8) is 0 Å². The number of hydrogen-bond acceptors (Lipinski definition) is 4. The fourth-order valence-corrected chi connectivity index (χ4v) is 3.22. The fourth-order valence-electron chi connectivity index (χ4n) is 2.42. The van der Waals surface area contributed by atoms with Gasteiger partial charge in [-0.2, -0.15) is 13.2 Å². The van der Waals surface area contributed by atoms with E-state index >= 15 is 0 Å². The number of benzene rings is 1. The first-order chi connectivity index (χ1) is 10.8. The van der Waals surface area contributed by atoms with Crippen molar-refractivity contribution in [3.8, 4) is 0 Å². The summed E-state index contributed by atoms with van der Waals surface area (Å²) in [5.41, 5.74) is 2.01. The minimum absolute atomic E-state index is 0.204. The minimum atomic E-state index is -4.57. The number of nitrogens with zero attached hydrogens (tertiary/aromatic N) is 2. The zero-order chi connectivity index (χ0) is 16.6. The molecule has 0 fully saturated rings. The molecule has 0 saturated heterocycles. The molecule has 2 amide bonds. The largest absolute Gasteiger partial charge is 0.445 e. The molecular weight excluding hydrogens is 353 g/mol. The highest BCUT2D eigenvalue weighted by Gasteiger charge is 2.36. The first kappa shape index (κ1) is 16.0. The number of hydrogen-bond donors (Lipinski definition) is 2. The first-order valence-corrected chi connectivity index (χ1v) is 7.79. The Morgan fingerprint density at radius 1 is 1.35 bits per heavy atom. The molecule has 10 heteroatoms. The van der Waals surface area contributed by atoms with Crippen LogP contribution in [0.25, 0.3) is 0 Å². The molecule has 122 valence electrons. The van der Waals surface area contributed by atoms with E-state index in [-0.39, 0.29) is 22.5 Å². The summed E-state index contributed by atoms with van der Waals surface area (Å²) < 4.78 is 37.3. The Kier molecular flexibility index (Phi) is 4.15. The Labute approximate surface area is 137 Å². The van der Waals surface area contributed by atoms with Crippen LogP contribution in [0.15, 0.2) is 18.2 Å². The Bertz CT molecular complexity index is 749. The topological polar surface area (TPSA) is 66.9 Å². The van der Waals surface area contributed by atoms with Gasteiger partial charge in [0.25, 0.3) is 0 Å². The number of aryl methyl sites for hydroxylation is 1. The number of alkyl halides is 3. The fraction of sp³-hybridized carbons (Fsp3) is 0.308. The third kappa shape index (κ3) is 3.56. The second-order valence-electron chi connectivity index (χ2n) is 4.94. The van der Waals surface area contributed by atoms with Crippen molar-refractivity contribution in [3.05, 3.63) is 39.4 Å². The molecule has 0 bridgehead atoms. The number of amides is 2. The molecule has 0 aliphatic heterocycles. The van der Waals surface area contributed by atoms with E-state index in [1.807, 2.05) is 12.1 Å². The van der Waals surface area contributed by atoms with Crippen LogP contribution in [-0.2, 0) is 12.6 Å². The summed E-state index contributed by atoms with van der Waals surface area (Å²) in [5.74, 6) is 0. The van der Waals surface area contributed by atoms with Gasteiger partial charge in [0.15, 0.2) is 0 Å². The number of rotatable bonds is 2. The maximum atomic E-state index is 12.4. The monoisotopic (exact) mass is 362 g/mol. The van der Waals surface area contributed by atoms with Crippen molar-refractivity contribution in [2.75, 3.05) is 5.32 Å². The highest BCUT2D eigenvalue weighted by Crippen LogP contribution is 2.34. The van der Waals surface area contributed by atoms with Gasteiger partial charge in [0, 0.05) is 5.02 Å². The van der Waals surface area contributed by atoms with Crippen LogP contribution in [0.2, 0.25) is 5.02 Å². The van der Waals surface area contributed by atoms with Gasteiger partial charge in [0.2, 0.25) is 10.1 Å². The second kappa shape index (κ2) is 5.97. The van der Waals surface area contributed by atoms with Crippen molar-refractivity contribution >= 4 is 34.1 Å². The van der Waals surface area contributed by atoms with Gasteiger partial charge in [-0.15, -0.1) is 10.2 Å². The summed E-state index contributed by atoms with van der Waals surface area (Å²) in [5, 5.41) is 10.6. The molecule has 1 heterocycles. The lowest BCUT2D eigenvalue weighted by Gasteiger charge is -2.14. The lowest BCUT2D eigenvalue weighted by molar-refractivity contribution is -0.138. The highest BCUT2D eigenvalue weighted by molar-refractivity contribution is 7.15. The third-order valence-corrected chi connectivity index (χ3v) is 4.49. The SMILES string of the molecule is O=C(Nc1nnc(C(F)(F)F)s1)NC1CCc2cc(Cl)ccc21. The molecule has 5 nitrogen and oxygen atoms in total. The van der Waals surface area contributed by atoms with Crippen molar-refractivity contribution < 1.29 is 18.0 Å². The van der Waals surface area contributed by atoms with Gasteiger partial charge in [-0.25, -0.2) is 4.79 Å². The number of fused-ring (bicyclic) bond motifs is 1. The van der Waals surface area contributed by atoms with E-state index in [4.69, 9.17) is 11.6 Å². The molecule has 0 spiro atoms. The van der Waals surface area contributed by atoms with Crippen molar-refractivity contribution in [2.45, 2.75) is 25.1 Å². The number of carbonyl (C=O) groups is 1. The standard InChI is InChI=1S/C13H10ClF3N4OS/c14-7-2-3-8-6(5-7)1-4-9(8)18-11(22)19-12-21-20-10(23-12)13(15,16)17/h2-3,5,9H,1,4H2,(H2,18,19,21,22). The Balaban J connectivity index is 1.64. The third-order valence-electron chi connectivity index (χ3n) is 3.38. The van der Waals surface area contributed by atoms with Crippen molar-refractivity contribution in [1.82, 2.24) is 15.5 Å². The van der Waals surface area contributed by atoms with Gasteiger partial charge in [-0.05, 0) is 36.1 Å². The molecule has 1 aliphatic rings. The van der Waals surface area contributed by atoms with E-state index in [1.165, 1.54) is 0 Å². The Morgan fingerprint density at radius 3 is 2.83 bits per heavy atom. The van der Waals surface area contributed by atoms with Crippen LogP contribution in [0.1, 0.15) is 28.6 Å². The van der Waals surface area contributed by atoms with E-state index in [1.54, 1.807) is 6.07 Å². The number of carbonyl (C=O) groups excluding carboxylic acids is 1. The molecule has 1 aliphatic carbocycles. The van der Waals surface area contributed by atoms with Crippen LogP contribution in [0.3, 0.4) is 0 Å². The molecule has 1 aromatic carbocycles. The van der Waals surface area contributed by atoms with Gasteiger partial charge in [0.05, 0.1) is 6.04 Å². The molecule has 23 heavy (non-hydrogen) atoms. The molecular formula is C13H10ClF3N4OS. The summed E-state index contributed by atoms with van der Waals surface area (Å²) in [6.07, 6.45) is -3.09. The minimum Gasteiger partial charge on any atom is -0.331 e. The average Bonchev–Trinajstić information content (AvgIpc) is 3.05. The Morgan fingerprint density at radius 2 is 2.13 bits per heavy atom. The molecule has 1 unspecified atom stereocenters. The van der Waals surface area contributed by atoms with Gasteiger partial charge in [0.1, 0.15) is 0 Å². The quantitative estimate of drug-likeness (QED) is 0.848. The van der Waals surface area contributed by atoms with Crippen LogP contribution in [0.4, 0.5) is 23.1 Å². The van der Waals surface area contributed by atoms with E-state index in [0.717, 1.165) is 17.5 Å². The molecule has 1 aromatic heterocycles. The number of anilines is 1. The van der Waals surface area contributed by atoms with E-state index in [2.05, 4.69) is 20.8 Å². The smallest absolute Gasteiger partial charge is 0.331 e. The molecule has 2 aromatic rings. The lowest BCUT2D eigenvalue weighted by Crippen LogP contribution is -2.31. The summed E-state index contributed by atoms with van der Waals surface area (Å²) in [6.45, 7) is 0.